The lowest BCUT2D eigenvalue weighted by molar-refractivity contribution is -0.116. The Labute approximate surface area is 204 Å². The first-order valence-electron chi connectivity index (χ1n) is 12.4. The molecule has 0 aliphatic carbocycles. The minimum absolute atomic E-state index is 0.122. The normalized spacial score (nSPS) is 23.3. The number of hydrogen-bond acceptors (Lipinski definition) is 8. The molecule has 35 heavy (non-hydrogen) atoms. The number of hydrogen-bond donors (Lipinski definition) is 3. The minimum Gasteiger partial charge on any atom is -0.406 e. The molecule has 2 aromatic carbocycles. The Balaban J connectivity index is 1.26. The molecule has 3 aliphatic rings. The van der Waals surface area contributed by atoms with Crippen molar-refractivity contribution in [3.8, 4) is 0 Å². The van der Waals surface area contributed by atoms with E-state index in [2.05, 4.69) is 31.0 Å². The van der Waals surface area contributed by atoms with E-state index in [9.17, 15) is 4.79 Å². The average molecular weight is 472 g/mol. The number of amides is 1. The lowest BCUT2D eigenvalue weighted by Gasteiger charge is -2.34. The summed E-state index contributed by atoms with van der Waals surface area (Å²) in [6.45, 7) is 3.14. The number of benzodiazepines with no additional fused rings is 1. The van der Waals surface area contributed by atoms with Crippen LogP contribution in [0, 0.1) is 0 Å². The summed E-state index contributed by atoms with van der Waals surface area (Å²) in [6, 6.07) is 18.4. The molecular formula is C26H29N7O2. The number of nitrogens with zero attached hydrogens (tertiary/aromatic N) is 4. The van der Waals surface area contributed by atoms with Crippen molar-refractivity contribution in [3.05, 3.63) is 71.6 Å². The topological polar surface area (TPSA) is 108 Å². The monoisotopic (exact) mass is 471 g/mol. The van der Waals surface area contributed by atoms with Crippen LogP contribution in [0.15, 0.2) is 64.0 Å². The highest BCUT2D eigenvalue weighted by atomic mass is 16.4. The Hall–Kier alpha value is -3.56. The number of aliphatic imine (C=N–C) groups is 1. The zero-order valence-electron chi connectivity index (χ0n) is 19.5. The van der Waals surface area contributed by atoms with E-state index in [0.29, 0.717) is 11.9 Å². The van der Waals surface area contributed by atoms with Gasteiger partial charge in [0, 0.05) is 17.2 Å². The van der Waals surface area contributed by atoms with Gasteiger partial charge in [-0.05, 0) is 51.4 Å². The fraction of sp³-hybridized carbons (Fsp3) is 0.385. The number of para-hydroxylation sites is 1. The number of fused-ring (bicyclic) bond motifs is 1. The first kappa shape index (κ1) is 21.9. The van der Waals surface area contributed by atoms with Gasteiger partial charge in [-0.2, -0.15) is 0 Å². The van der Waals surface area contributed by atoms with Crippen molar-refractivity contribution in [1.82, 2.24) is 20.4 Å². The van der Waals surface area contributed by atoms with Gasteiger partial charge in [-0.1, -0.05) is 53.6 Å². The largest absolute Gasteiger partial charge is 0.406 e. The quantitative estimate of drug-likeness (QED) is 0.525. The number of likely N-dealkylation sites (tertiary alicyclic amines) is 1. The van der Waals surface area contributed by atoms with Gasteiger partial charge in [0.2, 0.25) is 12.1 Å². The smallest absolute Gasteiger partial charge is 0.317 e. The Morgan fingerprint density at radius 1 is 0.971 bits per heavy atom. The molecule has 0 saturated carbocycles. The molecule has 4 heterocycles. The number of rotatable bonds is 5. The van der Waals surface area contributed by atoms with Gasteiger partial charge in [0.05, 0.1) is 17.4 Å². The van der Waals surface area contributed by atoms with Crippen LogP contribution in [0.4, 0.5) is 11.7 Å². The second-order valence-corrected chi connectivity index (χ2v) is 9.25. The average Bonchev–Trinajstić information content (AvgIpc) is 3.55. The number of anilines is 2. The van der Waals surface area contributed by atoms with Crippen LogP contribution >= 0.6 is 0 Å². The molecule has 0 radical (unpaired) electrons. The van der Waals surface area contributed by atoms with E-state index in [0.717, 1.165) is 67.8 Å². The van der Waals surface area contributed by atoms with Crippen molar-refractivity contribution in [2.24, 2.45) is 4.99 Å². The van der Waals surface area contributed by atoms with Gasteiger partial charge in [-0.15, -0.1) is 5.10 Å². The van der Waals surface area contributed by atoms with Gasteiger partial charge in [0.1, 0.15) is 0 Å². The Morgan fingerprint density at radius 3 is 2.63 bits per heavy atom. The van der Waals surface area contributed by atoms with E-state index in [1.807, 2.05) is 54.6 Å². The van der Waals surface area contributed by atoms with Crippen LogP contribution in [0.1, 0.15) is 48.7 Å². The summed E-state index contributed by atoms with van der Waals surface area (Å²) >= 11 is 0. The highest BCUT2D eigenvalue weighted by Crippen LogP contribution is 2.35. The number of carbonyl (C=O) groups excluding carboxylic acids is 1. The molecule has 1 unspecified atom stereocenters. The summed E-state index contributed by atoms with van der Waals surface area (Å²) in [4.78, 5) is 20.4. The second-order valence-electron chi connectivity index (χ2n) is 9.25. The third-order valence-corrected chi connectivity index (χ3v) is 7.05. The van der Waals surface area contributed by atoms with Crippen LogP contribution < -0.4 is 16.0 Å². The predicted octanol–water partition coefficient (Wildman–Crippen LogP) is 3.19. The van der Waals surface area contributed by atoms with Crippen molar-refractivity contribution in [2.45, 2.75) is 43.9 Å². The van der Waals surface area contributed by atoms with Gasteiger partial charge in [0.15, 0.2) is 0 Å². The molecule has 180 valence electrons. The van der Waals surface area contributed by atoms with Crippen LogP contribution in [0.5, 0.6) is 0 Å². The Kier molecular flexibility index (Phi) is 6.01. The molecule has 9 heteroatoms. The molecule has 9 nitrogen and oxygen atoms in total. The Morgan fingerprint density at radius 2 is 1.77 bits per heavy atom. The van der Waals surface area contributed by atoms with Crippen molar-refractivity contribution >= 4 is 23.3 Å². The molecule has 2 atom stereocenters. The summed E-state index contributed by atoms with van der Waals surface area (Å²) in [5.74, 6) is 0.327. The van der Waals surface area contributed by atoms with E-state index >= 15 is 0 Å². The van der Waals surface area contributed by atoms with E-state index in [-0.39, 0.29) is 18.0 Å². The van der Waals surface area contributed by atoms with Gasteiger partial charge in [-0.25, -0.2) is 4.99 Å². The Bertz CT molecular complexity index is 1220. The van der Waals surface area contributed by atoms with Crippen molar-refractivity contribution < 1.29 is 9.21 Å². The maximum atomic E-state index is 13.1. The number of benzene rings is 2. The van der Waals surface area contributed by atoms with Gasteiger partial charge < -0.3 is 20.4 Å². The fourth-order valence-electron chi connectivity index (χ4n) is 5.35. The van der Waals surface area contributed by atoms with Gasteiger partial charge in [-0.3, -0.25) is 9.69 Å². The van der Waals surface area contributed by atoms with Gasteiger partial charge in [0.25, 0.3) is 5.91 Å². The molecule has 0 spiro atoms. The first-order valence-corrected chi connectivity index (χ1v) is 12.4. The van der Waals surface area contributed by atoms with Crippen LogP contribution in [0.3, 0.4) is 0 Å². The molecule has 3 aliphatic heterocycles. The number of piperidine rings is 1. The molecule has 1 amide bonds. The minimum atomic E-state index is -0.907. The summed E-state index contributed by atoms with van der Waals surface area (Å²) in [5.41, 5.74) is 3.24. The lowest BCUT2D eigenvalue weighted by Crippen LogP contribution is -2.42. The van der Waals surface area contributed by atoms with Crippen LogP contribution in [0.25, 0.3) is 0 Å². The molecule has 1 aromatic heterocycles. The number of nitrogens with one attached hydrogen (secondary N) is 3. The summed E-state index contributed by atoms with van der Waals surface area (Å²) in [5, 5.41) is 18.1. The molecule has 3 aromatic rings. The molecule has 0 bridgehead atoms. The third-order valence-electron chi connectivity index (χ3n) is 7.05. The van der Waals surface area contributed by atoms with Crippen LogP contribution in [-0.2, 0) is 4.79 Å². The second kappa shape index (κ2) is 9.59. The summed E-state index contributed by atoms with van der Waals surface area (Å²) in [7, 11) is 0. The van der Waals surface area contributed by atoms with E-state index in [1.54, 1.807) is 0 Å². The van der Waals surface area contributed by atoms with Crippen molar-refractivity contribution in [1.29, 1.82) is 0 Å². The molecule has 2 fully saturated rings. The maximum absolute atomic E-state index is 13.1. The summed E-state index contributed by atoms with van der Waals surface area (Å²) < 4.78 is 6.06. The third kappa shape index (κ3) is 4.44. The first-order chi connectivity index (χ1) is 17.3. The zero-order chi connectivity index (χ0) is 23.6. The number of carbonyl (C=O) groups is 1. The molecular weight excluding hydrogens is 442 g/mol. The molecule has 6 rings (SSSR count). The van der Waals surface area contributed by atoms with E-state index in [4.69, 9.17) is 9.41 Å². The van der Waals surface area contributed by atoms with Crippen molar-refractivity contribution in [2.75, 3.05) is 30.3 Å². The SMILES string of the molecule is O=C1Nc2ccccc2C(c2ccccc2)=NC1Nc1nnc([C@@H]2CCCN2C2CCNCC2)o1. The van der Waals surface area contributed by atoms with Gasteiger partial charge >= 0.3 is 6.01 Å². The lowest BCUT2D eigenvalue weighted by atomic mass is 10.0. The highest BCUT2D eigenvalue weighted by Gasteiger charge is 2.36. The van der Waals surface area contributed by atoms with Crippen LogP contribution in [-0.4, -0.2) is 58.6 Å². The highest BCUT2D eigenvalue weighted by molar-refractivity contribution is 6.19. The number of aromatic nitrogens is 2. The fourth-order valence-corrected chi connectivity index (χ4v) is 5.35. The summed E-state index contributed by atoms with van der Waals surface area (Å²) in [6.07, 6.45) is 3.48. The maximum Gasteiger partial charge on any atom is 0.317 e. The standard InChI is InChI=1S/C26H29N7O2/c34-24-23(29-22(17-7-2-1-3-8-17)19-9-4-5-10-20(19)28-24)30-26-32-31-25(35-26)21-11-6-16-33(21)18-12-14-27-15-13-18/h1-5,7-10,18,21,23,27H,6,11-16H2,(H,28,34)(H,30,32)/t21-,23?/m0/s1. The van der Waals surface area contributed by atoms with E-state index < -0.39 is 6.17 Å². The van der Waals surface area contributed by atoms with Crippen molar-refractivity contribution in [3.63, 3.8) is 0 Å². The zero-order valence-corrected chi connectivity index (χ0v) is 19.5. The molecule has 2 saturated heterocycles. The molecule has 3 N–H and O–H groups in total. The predicted molar refractivity (Wildman–Crippen MR) is 133 cm³/mol. The van der Waals surface area contributed by atoms with E-state index in [1.165, 1.54) is 0 Å². The van der Waals surface area contributed by atoms with Crippen LogP contribution in [0.2, 0.25) is 0 Å².